The van der Waals surface area contributed by atoms with E-state index in [-0.39, 0.29) is 5.91 Å². The zero-order chi connectivity index (χ0) is 14.0. The second-order valence-corrected chi connectivity index (χ2v) is 6.18. The number of hydrogen-bond donors (Lipinski definition) is 2. The van der Waals surface area contributed by atoms with E-state index in [1.54, 1.807) is 0 Å². The monoisotopic (exact) mass is 269 g/mol. The molecule has 19 heavy (non-hydrogen) atoms. The number of carbonyl (C=O) groups excluding carboxylic acids is 2. The molecule has 0 radical (unpaired) electrons. The van der Waals surface area contributed by atoms with E-state index >= 15 is 0 Å². The Morgan fingerprint density at radius 1 is 1.32 bits per heavy atom. The molecule has 1 saturated carbocycles. The Kier molecular flexibility index (Phi) is 3.99. The summed E-state index contributed by atoms with van der Waals surface area (Å²) in [5, 5.41) is 6.09. The first-order valence-electron chi connectivity index (χ1n) is 6.87. The third kappa shape index (κ3) is 4.09. The Labute approximate surface area is 113 Å². The molecular weight excluding hydrogens is 246 g/mol. The van der Waals surface area contributed by atoms with Gasteiger partial charge >= 0.3 is 6.09 Å². The number of hydrogen-bond acceptors (Lipinski definition) is 4. The molecule has 108 valence electrons. The highest BCUT2D eigenvalue weighted by molar-refractivity contribution is 5.86. The lowest BCUT2D eigenvalue weighted by Gasteiger charge is -2.36. The predicted octanol–water partition coefficient (Wildman–Crippen LogP) is 0.474. The Hall–Kier alpha value is -1.30. The zero-order valence-corrected chi connectivity index (χ0v) is 11.9. The van der Waals surface area contributed by atoms with Crippen molar-refractivity contribution in [1.29, 1.82) is 0 Å². The molecule has 0 bridgehead atoms. The van der Waals surface area contributed by atoms with Crippen molar-refractivity contribution in [2.24, 2.45) is 0 Å². The van der Waals surface area contributed by atoms with Gasteiger partial charge in [-0.05, 0) is 33.6 Å². The van der Waals surface area contributed by atoms with Crippen LogP contribution < -0.4 is 10.6 Å². The molecule has 2 N–H and O–H groups in total. The number of piperazine rings is 1. The van der Waals surface area contributed by atoms with E-state index in [9.17, 15) is 9.59 Å². The van der Waals surface area contributed by atoms with Crippen LogP contribution in [0.25, 0.3) is 0 Å². The van der Waals surface area contributed by atoms with Crippen LogP contribution in [0.1, 0.15) is 33.6 Å². The molecule has 6 nitrogen and oxygen atoms in total. The molecule has 2 rings (SSSR count). The standard InChI is InChI=1S/C13H23N3O3/c1-13(2,3)19-12(18)16-7-6-14-8-10(16)11(17)15-9-4-5-9/h9-10,14H,4-8H2,1-3H3,(H,15,17). The first-order chi connectivity index (χ1) is 8.87. The minimum absolute atomic E-state index is 0.0828. The van der Waals surface area contributed by atoms with Crippen LogP contribution in [0, 0.1) is 0 Å². The first-order valence-corrected chi connectivity index (χ1v) is 6.87. The highest BCUT2D eigenvalue weighted by Gasteiger charge is 2.36. The maximum atomic E-state index is 12.1. The highest BCUT2D eigenvalue weighted by atomic mass is 16.6. The van der Waals surface area contributed by atoms with E-state index in [2.05, 4.69) is 10.6 Å². The van der Waals surface area contributed by atoms with Crippen molar-refractivity contribution >= 4 is 12.0 Å². The summed E-state index contributed by atoms with van der Waals surface area (Å²) < 4.78 is 5.36. The van der Waals surface area contributed by atoms with E-state index in [0.717, 1.165) is 12.8 Å². The van der Waals surface area contributed by atoms with Crippen molar-refractivity contribution in [2.75, 3.05) is 19.6 Å². The van der Waals surface area contributed by atoms with E-state index in [0.29, 0.717) is 25.7 Å². The molecule has 0 spiro atoms. The van der Waals surface area contributed by atoms with Crippen LogP contribution in [0.15, 0.2) is 0 Å². The smallest absolute Gasteiger partial charge is 0.411 e. The highest BCUT2D eigenvalue weighted by Crippen LogP contribution is 2.20. The van der Waals surface area contributed by atoms with Gasteiger partial charge in [0.2, 0.25) is 5.91 Å². The second-order valence-electron chi connectivity index (χ2n) is 6.18. The fraction of sp³-hybridized carbons (Fsp3) is 0.846. The molecule has 2 fully saturated rings. The summed E-state index contributed by atoms with van der Waals surface area (Å²) >= 11 is 0. The van der Waals surface area contributed by atoms with E-state index < -0.39 is 17.7 Å². The molecule has 2 amide bonds. The number of amides is 2. The van der Waals surface area contributed by atoms with Crippen molar-refractivity contribution in [3.05, 3.63) is 0 Å². The van der Waals surface area contributed by atoms with E-state index in [1.165, 1.54) is 4.90 Å². The average molecular weight is 269 g/mol. The van der Waals surface area contributed by atoms with Crippen LogP contribution in [-0.2, 0) is 9.53 Å². The van der Waals surface area contributed by atoms with Crippen molar-refractivity contribution < 1.29 is 14.3 Å². The molecule has 1 unspecified atom stereocenters. The largest absolute Gasteiger partial charge is 0.444 e. The minimum Gasteiger partial charge on any atom is -0.444 e. The summed E-state index contributed by atoms with van der Waals surface area (Å²) in [4.78, 5) is 25.8. The van der Waals surface area contributed by atoms with E-state index in [1.807, 2.05) is 20.8 Å². The molecular formula is C13H23N3O3. The van der Waals surface area contributed by atoms with Crippen LogP contribution in [0.4, 0.5) is 4.79 Å². The third-order valence-corrected chi connectivity index (χ3v) is 3.10. The normalized spacial score (nSPS) is 23.9. The number of rotatable bonds is 2. The SMILES string of the molecule is CC(C)(C)OC(=O)N1CCNCC1C(=O)NC1CC1. The van der Waals surface area contributed by atoms with Crippen LogP contribution >= 0.6 is 0 Å². The Bertz CT molecular complexity index is 361. The zero-order valence-electron chi connectivity index (χ0n) is 11.9. The fourth-order valence-electron chi connectivity index (χ4n) is 2.00. The average Bonchev–Trinajstić information content (AvgIpc) is 3.10. The van der Waals surface area contributed by atoms with Gasteiger partial charge in [-0.2, -0.15) is 0 Å². The van der Waals surface area contributed by atoms with Crippen molar-refractivity contribution in [3.63, 3.8) is 0 Å². The molecule has 0 aromatic carbocycles. The Morgan fingerprint density at radius 3 is 2.58 bits per heavy atom. The van der Waals surface area contributed by atoms with Gasteiger partial charge in [0.05, 0.1) is 0 Å². The number of nitrogens with one attached hydrogen (secondary N) is 2. The van der Waals surface area contributed by atoms with Gasteiger partial charge in [-0.25, -0.2) is 4.79 Å². The van der Waals surface area contributed by atoms with Crippen molar-refractivity contribution in [1.82, 2.24) is 15.5 Å². The number of ether oxygens (including phenoxy) is 1. The van der Waals surface area contributed by atoms with Gasteiger partial charge in [-0.3, -0.25) is 9.69 Å². The Morgan fingerprint density at radius 2 is 2.00 bits per heavy atom. The summed E-state index contributed by atoms with van der Waals surface area (Å²) in [6.45, 7) is 7.15. The van der Waals surface area contributed by atoms with Crippen LogP contribution in [0.3, 0.4) is 0 Å². The van der Waals surface area contributed by atoms with Crippen LogP contribution in [0.2, 0.25) is 0 Å². The summed E-state index contributed by atoms with van der Waals surface area (Å²) in [5.41, 5.74) is -0.542. The summed E-state index contributed by atoms with van der Waals surface area (Å²) in [6, 6.07) is -0.167. The van der Waals surface area contributed by atoms with Crippen molar-refractivity contribution in [2.45, 2.75) is 51.3 Å². The summed E-state index contributed by atoms with van der Waals surface area (Å²) in [6.07, 6.45) is 1.67. The molecule has 0 aromatic heterocycles. The topological polar surface area (TPSA) is 70.7 Å². The van der Waals surface area contributed by atoms with E-state index in [4.69, 9.17) is 4.74 Å². The number of nitrogens with zero attached hydrogens (tertiary/aromatic N) is 1. The lowest BCUT2D eigenvalue weighted by atomic mass is 10.1. The number of carbonyl (C=O) groups is 2. The summed E-state index contributed by atoms with van der Waals surface area (Å²) in [5.74, 6) is -0.0828. The molecule has 1 aliphatic heterocycles. The van der Waals surface area contributed by atoms with Gasteiger partial charge in [0, 0.05) is 25.7 Å². The van der Waals surface area contributed by atoms with Crippen molar-refractivity contribution in [3.8, 4) is 0 Å². The predicted molar refractivity (Wildman–Crippen MR) is 70.8 cm³/mol. The van der Waals surface area contributed by atoms with Gasteiger partial charge in [-0.15, -0.1) is 0 Å². The van der Waals surface area contributed by atoms with Crippen LogP contribution in [-0.4, -0.2) is 54.2 Å². The molecule has 6 heteroatoms. The molecule has 1 aliphatic carbocycles. The van der Waals surface area contributed by atoms with Gasteiger partial charge < -0.3 is 15.4 Å². The molecule has 1 heterocycles. The van der Waals surface area contributed by atoms with Crippen LogP contribution in [0.5, 0.6) is 0 Å². The quantitative estimate of drug-likeness (QED) is 0.764. The fourth-order valence-corrected chi connectivity index (χ4v) is 2.00. The Balaban J connectivity index is 1.98. The maximum Gasteiger partial charge on any atom is 0.411 e. The molecule has 2 aliphatic rings. The third-order valence-electron chi connectivity index (χ3n) is 3.10. The second kappa shape index (κ2) is 5.36. The van der Waals surface area contributed by atoms with Gasteiger partial charge in [-0.1, -0.05) is 0 Å². The summed E-state index contributed by atoms with van der Waals surface area (Å²) in [7, 11) is 0. The molecule has 0 aromatic rings. The van der Waals surface area contributed by atoms with Gasteiger partial charge in [0.15, 0.2) is 0 Å². The molecule has 1 saturated heterocycles. The first kappa shape index (κ1) is 14.1. The minimum atomic E-state index is -0.542. The lowest BCUT2D eigenvalue weighted by Crippen LogP contribution is -2.60. The van der Waals surface area contributed by atoms with Gasteiger partial charge in [0.25, 0.3) is 0 Å². The maximum absolute atomic E-state index is 12.1. The van der Waals surface area contributed by atoms with Gasteiger partial charge in [0.1, 0.15) is 11.6 Å². The lowest BCUT2D eigenvalue weighted by molar-refractivity contribution is -0.127. The molecule has 1 atom stereocenters.